The van der Waals surface area contributed by atoms with E-state index in [1.165, 1.54) is 0 Å². The second-order valence-corrected chi connectivity index (χ2v) is 2.02. The minimum atomic E-state index is -0.479. The van der Waals surface area contributed by atoms with Crippen molar-refractivity contribution in [1.82, 2.24) is 0 Å². The zero-order valence-electron chi connectivity index (χ0n) is 6.79. The van der Waals surface area contributed by atoms with E-state index < -0.39 is 5.91 Å². The summed E-state index contributed by atoms with van der Waals surface area (Å²) in [5.74, 6) is -0.479. The molecule has 0 radical (unpaired) electrons. The van der Waals surface area contributed by atoms with E-state index in [1.807, 2.05) is 0 Å². The molecule has 0 unspecified atom stereocenters. The zero-order valence-corrected chi connectivity index (χ0v) is 6.79. The van der Waals surface area contributed by atoms with Gasteiger partial charge in [-0.3, -0.25) is 9.79 Å². The summed E-state index contributed by atoms with van der Waals surface area (Å²) in [6, 6.07) is 0. The monoisotopic (exact) mass is 152 g/mol. The third-order valence-corrected chi connectivity index (χ3v) is 1.23. The van der Waals surface area contributed by atoms with Gasteiger partial charge in [0, 0.05) is 5.70 Å². The van der Waals surface area contributed by atoms with Crippen LogP contribution >= 0.6 is 0 Å². The number of allylic oxidation sites excluding steroid dienone is 2. The van der Waals surface area contributed by atoms with Gasteiger partial charge in [0.25, 0.3) is 5.91 Å². The van der Waals surface area contributed by atoms with Crippen molar-refractivity contribution in [1.29, 1.82) is 0 Å². The molecule has 0 fully saturated rings. The van der Waals surface area contributed by atoms with E-state index in [0.29, 0.717) is 11.3 Å². The Labute approximate surface area is 66.3 Å². The van der Waals surface area contributed by atoms with E-state index in [4.69, 9.17) is 5.73 Å². The molecule has 0 aliphatic carbocycles. The third kappa shape index (κ3) is 2.80. The molecule has 0 saturated heterocycles. The number of nitrogens with two attached hydrogens (primary N) is 1. The Hall–Kier alpha value is -1.38. The predicted molar refractivity (Wildman–Crippen MR) is 46.3 cm³/mol. The molecule has 0 aromatic heterocycles. The smallest absolute Gasteiger partial charge is 0.250 e. The Morgan fingerprint density at radius 2 is 2.18 bits per heavy atom. The van der Waals surface area contributed by atoms with Gasteiger partial charge in [-0.05, 0) is 20.6 Å². The van der Waals surface area contributed by atoms with Gasteiger partial charge in [-0.2, -0.15) is 0 Å². The van der Waals surface area contributed by atoms with Crippen LogP contribution in [0.3, 0.4) is 0 Å². The Morgan fingerprint density at radius 1 is 1.64 bits per heavy atom. The van der Waals surface area contributed by atoms with Gasteiger partial charge in [-0.15, -0.1) is 0 Å². The van der Waals surface area contributed by atoms with E-state index >= 15 is 0 Å². The number of nitrogens with zero attached hydrogens (tertiary/aromatic N) is 1. The highest BCUT2D eigenvalue weighted by atomic mass is 16.1. The standard InChI is InChI=1S/C8H12N2O/c1-4-5-7(8(9)11)6(2)10-3/h4-5H,3H2,1-2H3,(H2,9,11)/b5-4-,7-6+. The Bertz CT molecular complexity index is 226. The van der Waals surface area contributed by atoms with Gasteiger partial charge in [0.1, 0.15) is 0 Å². The average Bonchev–Trinajstić information content (AvgIpc) is 1.98. The third-order valence-electron chi connectivity index (χ3n) is 1.23. The fraction of sp³-hybridized carbons (Fsp3) is 0.250. The molecule has 0 bridgehead atoms. The molecule has 0 aromatic rings. The first kappa shape index (κ1) is 9.62. The molecule has 0 spiro atoms. The summed E-state index contributed by atoms with van der Waals surface area (Å²) in [7, 11) is 0. The highest BCUT2D eigenvalue weighted by Crippen LogP contribution is 2.05. The van der Waals surface area contributed by atoms with Crippen molar-refractivity contribution in [3.8, 4) is 0 Å². The number of primary amides is 1. The summed E-state index contributed by atoms with van der Waals surface area (Å²) in [4.78, 5) is 14.3. The van der Waals surface area contributed by atoms with Gasteiger partial charge in [0.15, 0.2) is 0 Å². The first-order chi connectivity index (χ1) is 5.13. The molecule has 0 rings (SSSR count). The van der Waals surface area contributed by atoms with Gasteiger partial charge < -0.3 is 5.73 Å². The van der Waals surface area contributed by atoms with Crippen LogP contribution in [0.2, 0.25) is 0 Å². The maximum absolute atomic E-state index is 10.7. The lowest BCUT2D eigenvalue weighted by Gasteiger charge is -1.97. The molecule has 3 heteroatoms. The number of hydrogen-bond donors (Lipinski definition) is 1. The van der Waals surface area contributed by atoms with Crippen LogP contribution < -0.4 is 5.73 Å². The van der Waals surface area contributed by atoms with Crippen LogP contribution in [0.5, 0.6) is 0 Å². The maximum atomic E-state index is 10.7. The largest absolute Gasteiger partial charge is 0.366 e. The van der Waals surface area contributed by atoms with Gasteiger partial charge in [0.05, 0.1) is 5.57 Å². The molecule has 0 saturated carbocycles. The lowest BCUT2D eigenvalue weighted by Crippen LogP contribution is -2.13. The Kier molecular flexibility index (Phi) is 3.88. The predicted octanol–water partition coefficient (Wildman–Crippen LogP) is 1.02. The quantitative estimate of drug-likeness (QED) is 0.366. The highest BCUT2D eigenvalue weighted by Gasteiger charge is 2.02. The van der Waals surface area contributed by atoms with E-state index in [0.717, 1.165) is 0 Å². The van der Waals surface area contributed by atoms with Crippen molar-refractivity contribution >= 4 is 12.6 Å². The molecule has 0 aliphatic rings. The molecule has 2 N–H and O–H groups in total. The van der Waals surface area contributed by atoms with Gasteiger partial charge >= 0.3 is 0 Å². The van der Waals surface area contributed by atoms with Crippen LogP contribution in [0.1, 0.15) is 13.8 Å². The minimum absolute atomic E-state index is 0.405. The number of hydrogen-bond acceptors (Lipinski definition) is 2. The van der Waals surface area contributed by atoms with E-state index in [1.54, 1.807) is 26.0 Å². The molecule has 0 heterocycles. The van der Waals surface area contributed by atoms with Crippen molar-refractivity contribution in [3.05, 3.63) is 23.4 Å². The average molecular weight is 152 g/mol. The first-order valence-electron chi connectivity index (χ1n) is 3.23. The lowest BCUT2D eigenvalue weighted by molar-refractivity contribution is -0.114. The van der Waals surface area contributed by atoms with Gasteiger partial charge in [-0.1, -0.05) is 12.2 Å². The molecule has 11 heavy (non-hydrogen) atoms. The summed E-state index contributed by atoms with van der Waals surface area (Å²) in [6.07, 6.45) is 3.35. The number of rotatable bonds is 3. The summed E-state index contributed by atoms with van der Waals surface area (Å²) in [5.41, 5.74) is 6.02. The topological polar surface area (TPSA) is 55.4 Å². The molecular weight excluding hydrogens is 140 g/mol. The molecule has 0 atom stereocenters. The van der Waals surface area contributed by atoms with Gasteiger partial charge in [0.2, 0.25) is 0 Å². The number of aliphatic imine (C=N–C) groups is 1. The fourth-order valence-electron chi connectivity index (χ4n) is 0.633. The molecule has 3 nitrogen and oxygen atoms in total. The van der Waals surface area contributed by atoms with E-state index in [2.05, 4.69) is 11.7 Å². The number of carbonyl (C=O) groups is 1. The normalized spacial score (nSPS) is 12.9. The molecule has 0 aromatic carbocycles. The van der Waals surface area contributed by atoms with Crippen LogP contribution in [0, 0.1) is 0 Å². The number of amides is 1. The molecule has 0 aliphatic heterocycles. The van der Waals surface area contributed by atoms with Crippen molar-refractivity contribution in [3.63, 3.8) is 0 Å². The van der Waals surface area contributed by atoms with Crippen molar-refractivity contribution in [2.24, 2.45) is 10.7 Å². The lowest BCUT2D eigenvalue weighted by atomic mass is 10.2. The Balaban J connectivity index is 4.87. The van der Waals surface area contributed by atoms with Crippen LogP contribution in [0.15, 0.2) is 28.4 Å². The van der Waals surface area contributed by atoms with Crippen LogP contribution in [-0.2, 0) is 4.79 Å². The molecule has 1 amide bonds. The summed E-state index contributed by atoms with van der Waals surface area (Å²) < 4.78 is 0. The first-order valence-corrected chi connectivity index (χ1v) is 3.23. The SMILES string of the molecule is C=N/C(C)=C(\C=C/C)C(N)=O. The highest BCUT2D eigenvalue weighted by molar-refractivity contribution is 5.95. The van der Waals surface area contributed by atoms with Crippen LogP contribution in [0.4, 0.5) is 0 Å². The number of carbonyl (C=O) groups excluding carboxylic acids is 1. The summed E-state index contributed by atoms with van der Waals surface area (Å²) in [6.45, 7) is 6.79. The van der Waals surface area contributed by atoms with Gasteiger partial charge in [-0.25, -0.2) is 0 Å². The zero-order chi connectivity index (χ0) is 8.85. The van der Waals surface area contributed by atoms with Crippen molar-refractivity contribution in [2.75, 3.05) is 0 Å². The summed E-state index contributed by atoms with van der Waals surface area (Å²) >= 11 is 0. The molecular formula is C8H12N2O. The van der Waals surface area contributed by atoms with Crippen LogP contribution in [-0.4, -0.2) is 12.6 Å². The fourth-order valence-corrected chi connectivity index (χ4v) is 0.633. The van der Waals surface area contributed by atoms with E-state index in [9.17, 15) is 4.79 Å². The minimum Gasteiger partial charge on any atom is -0.366 e. The van der Waals surface area contributed by atoms with Crippen molar-refractivity contribution < 1.29 is 4.79 Å². The van der Waals surface area contributed by atoms with E-state index in [-0.39, 0.29) is 0 Å². The van der Waals surface area contributed by atoms with Crippen LogP contribution in [0.25, 0.3) is 0 Å². The molecule has 60 valence electrons. The summed E-state index contributed by atoms with van der Waals surface area (Å²) in [5, 5.41) is 0. The maximum Gasteiger partial charge on any atom is 0.250 e. The second-order valence-electron chi connectivity index (χ2n) is 2.02. The Morgan fingerprint density at radius 3 is 2.45 bits per heavy atom. The second kappa shape index (κ2) is 4.44. The van der Waals surface area contributed by atoms with Crippen molar-refractivity contribution in [2.45, 2.75) is 13.8 Å².